The van der Waals surface area contributed by atoms with Gasteiger partial charge in [-0.25, -0.2) is 0 Å². The van der Waals surface area contributed by atoms with Gasteiger partial charge in [-0.2, -0.15) is 0 Å². The van der Waals surface area contributed by atoms with Gasteiger partial charge in [-0.3, -0.25) is 25.2 Å². The quantitative estimate of drug-likeness (QED) is 0.458. The fourth-order valence-corrected chi connectivity index (χ4v) is 2.20. The molecule has 0 aliphatic heterocycles. The second-order valence-electron chi connectivity index (χ2n) is 5.14. The topological polar surface area (TPSA) is 97.6 Å². The van der Waals surface area contributed by atoms with E-state index >= 15 is 0 Å². The molecule has 1 aromatic heterocycles. The number of benzene rings is 1. The van der Waals surface area contributed by atoms with Crippen LogP contribution in [-0.2, 0) is 20.7 Å². The number of aryl methyl sites for hydroxylation is 1. The van der Waals surface area contributed by atoms with Crippen molar-refractivity contribution in [3.05, 3.63) is 64.6 Å². The first-order valence-electron chi connectivity index (χ1n) is 7.68. The van der Waals surface area contributed by atoms with E-state index in [1.54, 1.807) is 36.4 Å². The summed E-state index contributed by atoms with van der Waals surface area (Å²) in [4.78, 5) is 34.7. The normalized spacial score (nSPS) is 10.5. The summed E-state index contributed by atoms with van der Waals surface area (Å²) in [5.74, 6) is -0.356. The molecule has 2 rings (SSSR count). The Morgan fingerprint density at radius 3 is 2.65 bits per heavy atom. The third kappa shape index (κ3) is 5.78. The van der Waals surface area contributed by atoms with Crippen molar-refractivity contribution in [1.82, 2.24) is 10.9 Å². The lowest BCUT2D eigenvalue weighted by atomic mass is 10.2. The van der Waals surface area contributed by atoms with Crippen LogP contribution in [0.4, 0.5) is 0 Å². The predicted molar refractivity (Wildman–Crippen MR) is 95.1 cm³/mol. The van der Waals surface area contributed by atoms with E-state index in [0.29, 0.717) is 17.9 Å². The number of hydrogen-bond donors (Lipinski definition) is 2. The summed E-state index contributed by atoms with van der Waals surface area (Å²) in [6.45, 7) is 0. The maximum absolute atomic E-state index is 11.9. The van der Waals surface area contributed by atoms with Gasteiger partial charge in [0.05, 0.1) is 24.1 Å². The fourth-order valence-electron chi connectivity index (χ4n) is 1.98. The summed E-state index contributed by atoms with van der Waals surface area (Å²) in [5, 5.41) is 0.282. The van der Waals surface area contributed by atoms with Crippen LogP contribution < -0.4 is 10.9 Å². The first-order valence-corrected chi connectivity index (χ1v) is 8.06. The summed E-state index contributed by atoms with van der Waals surface area (Å²) in [6.07, 6.45) is 3.26. The molecule has 7 nitrogen and oxygen atoms in total. The molecule has 1 aromatic carbocycles. The Kier molecular flexibility index (Phi) is 6.99. The minimum atomic E-state index is -0.544. The lowest BCUT2D eigenvalue weighted by molar-refractivity contribution is -0.140. The van der Waals surface area contributed by atoms with Crippen LogP contribution in [-0.4, -0.2) is 24.9 Å². The molecule has 0 saturated heterocycles. The van der Waals surface area contributed by atoms with Crippen molar-refractivity contribution < 1.29 is 23.5 Å². The molecule has 2 aromatic rings. The van der Waals surface area contributed by atoms with Crippen LogP contribution >= 0.6 is 11.6 Å². The van der Waals surface area contributed by atoms with Crippen LogP contribution in [0.2, 0.25) is 5.02 Å². The number of rotatable bonds is 6. The molecule has 0 saturated carbocycles. The van der Waals surface area contributed by atoms with Crippen LogP contribution in [0.25, 0.3) is 6.08 Å². The zero-order valence-corrected chi connectivity index (χ0v) is 14.7. The van der Waals surface area contributed by atoms with Gasteiger partial charge in [0.15, 0.2) is 0 Å². The van der Waals surface area contributed by atoms with Crippen molar-refractivity contribution in [3.63, 3.8) is 0 Å². The first-order chi connectivity index (χ1) is 12.5. The van der Waals surface area contributed by atoms with Crippen LogP contribution in [0.3, 0.4) is 0 Å². The van der Waals surface area contributed by atoms with Gasteiger partial charge in [0.2, 0.25) is 0 Å². The van der Waals surface area contributed by atoms with Gasteiger partial charge in [-0.15, -0.1) is 0 Å². The fraction of sp³-hybridized carbons (Fsp3) is 0.167. The van der Waals surface area contributed by atoms with Crippen LogP contribution in [0, 0.1) is 0 Å². The van der Waals surface area contributed by atoms with Crippen LogP contribution in [0.5, 0.6) is 0 Å². The lowest BCUT2D eigenvalue weighted by Gasteiger charge is -2.06. The molecule has 0 spiro atoms. The van der Waals surface area contributed by atoms with Crippen molar-refractivity contribution >= 4 is 35.5 Å². The molecule has 2 amide bonds. The van der Waals surface area contributed by atoms with Crippen molar-refractivity contribution in [2.24, 2.45) is 0 Å². The molecule has 1 heterocycles. The van der Waals surface area contributed by atoms with E-state index in [-0.39, 0.29) is 23.0 Å². The van der Waals surface area contributed by atoms with E-state index in [0.717, 1.165) is 0 Å². The molecule has 0 unspecified atom stereocenters. The number of furan rings is 1. The smallest absolute Gasteiger partial charge is 0.305 e. The molecule has 26 heavy (non-hydrogen) atoms. The second-order valence-corrected chi connectivity index (χ2v) is 5.54. The summed E-state index contributed by atoms with van der Waals surface area (Å²) < 4.78 is 10.0. The number of carbonyl (C=O) groups excluding carboxylic acids is 3. The monoisotopic (exact) mass is 376 g/mol. The lowest BCUT2D eigenvalue weighted by Crippen LogP contribution is -2.40. The van der Waals surface area contributed by atoms with E-state index in [1.165, 1.54) is 19.3 Å². The minimum absolute atomic E-state index is 0.210. The van der Waals surface area contributed by atoms with Crippen LogP contribution in [0.1, 0.15) is 28.3 Å². The molecule has 0 aliphatic carbocycles. The third-order valence-electron chi connectivity index (χ3n) is 3.30. The summed E-state index contributed by atoms with van der Waals surface area (Å²) in [5.41, 5.74) is 4.76. The molecular formula is C18H17ClN2O5. The molecule has 0 fully saturated rings. The van der Waals surface area contributed by atoms with Gasteiger partial charge in [0.1, 0.15) is 11.5 Å². The Morgan fingerprint density at radius 2 is 1.92 bits per heavy atom. The van der Waals surface area contributed by atoms with E-state index in [9.17, 15) is 14.4 Å². The van der Waals surface area contributed by atoms with Crippen molar-refractivity contribution in [2.75, 3.05) is 7.11 Å². The van der Waals surface area contributed by atoms with Gasteiger partial charge in [-0.1, -0.05) is 23.7 Å². The highest BCUT2D eigenvalue weighted by molar-refractivity contribution is 6.33. The SMILES string of the molecule is COC(=O)CCc1ccc(/C=C/C(=O)NNC(=O)c2ccccc2Cl)o1. The second kappa shape index (κ2) is 9.43. The van der Waals surface area contributed by atoms with Gasteiger partial charge in [0.25, 0.3) is 11.8 Å². The minimum Gasteiger partial charge on any atom is -0.469 e. The molecule has 0 atom stereocenters. The Balaban J connectivity index is 1.82. The summed E-state index contributed by atoms with van der Waals surface area (Å²) in [7, 11) is 1.32. The maximum Gasteiger partial charge on any atom is 0.305 e. The summed E-state index contributed by atoms with van der Waals surface area (Å²) in [6, 6.07) is 9.85. The number of amides is 2. The third-order valence-corrected chi connectivity index (χ3v) is 3.63. The average Bonchev–Trinajstić information content (AvgIpc) is 3.10. The largest absolute Gasteiger partial charge is 0.469 e. The van der Waals surface area contributed by atoms with Crippen molar-refractivity contribution in [1.29, 1.82) is 0 Å². The Morgan fingerprint density at radius 1 is 1.15 bits per heavy atom. The molecule has 136 valence electrons. The molecular weight excluding hydrogens is 360 g/mol. The number of methoxy groups -OCH3 is 1. The number of nitrogens with one attached hydrogen (secondary N) is 2. The molecule has 0 bridgehead atoms. The average molecular weight is 377 g/mol. The predicted octanol–water partition coefficient (Wildman–Crippen LogP) is 2.51. The van der Waals surface area contributed by atoms with E-state index < -0.39 is 11.8 Å². The highest BCUT2D eigenvalue weighted by atomic mass is 35.5. The highest BCUT2D eigenvalue weighted by Crippen LogP contribution is 2.14. The van der Waals surface area contributed by atoms with E-state index in [1.807, 2.05) is 0 Å². The maximum atomic E-state index is 11.9. The zero-order valence-electron chi connectivity index (χ0n) is 14.0. The molecule has 2 N–H and O–H groups in total. The molecule has 8 heteroatoms. The number of hydrogen-bond acceptors (Lipinski definition) is 5. The number of halogens is 1. The standard InChI is InChI=1S/C18H17ClN2O5/c1-25-17(23)11-9-13-7-6-12(26-13)8-10-16(22)20-21-18(24)14-4-2-3-5-15(14)19/h2-8,10H,9,11H2,1H3,(H,20,22)(H,21,24)/b10-8+. The van der Waals surface area contributed by atoms with Crippen molar-refractivity contribution in [2.45, 2.75) is 12.8 Å². The number of ether oxygens (including phenoxy) is 1. The Labute approximate surface area is 154 Å². The van der Waals surface area contributed by atoms with Gasteiger partial charge >= 0.3 is 5.97 Å². The van der Waals surface area contributed by atoms with Gasteiger partial charge in [-0.05, 0) is 30.3 Å². The number of carbonyl (C=O) groups is 3. The number of esters is 1. The Hall–Kier alpha value is -3.06. The first kappa shape index (κ1) is 19.3. The van der Waals surface area contributed by atoms with Gasteiger partial charge < -0.3 is 9.15 Å². The van der Waals surface area contributed by atoms with E-state index in [4.69, 9.17) is 16.0 Å². The highest BCUT2D eigenvalue weighted by Gasteiger charge is 2.09. The van der Waals surface area contributed by atoms with Crippen LogP contribution in [0.15, 0.2) is 46.9 Å². The molecule has 0 radical (unpaired) electrons. The Bertz CT molecular complexity index is 828. The van der Waals surface area contributed by atoms with Gasteiger partial charge in [0, 0.05) is 12.5 Å². The molecule has 0 aliphatic rings. The zero-order chi connectivity index (χ0) is 18.9. The van der Waals surface area contributed by atoms with E-state index in [2.05, 4.69) is 15.6 Å². The van der Waals surface area contributed by atoms with Crippen molar-refractivity contribution in [3.8, 4) is 0 Å². The number of hydrazine groups is 1. The summed E-state index contributed by atoms with van der Waals surface area (Å²) >= 11 is 5.90.